The van der Waals surface area contributed by atoms with E-state index in [1.54, 1.807) is 29.8 Å². The van der Waals surface area contributed by atoms with Crippen LogP contribution in [0, 0.1) is 0 Å². The van der Waals surface area contributed by atoms with Crippen LogP contribution in [0.4, 0.5) is 5.69 Å². The fourth-order valence-corrected chi connectivity index (χ4v) is 4.07. The number of thiophene rings is 2. The molecule has 2 aromatic heterocycles. The zero-order chi connectivity index (χ0) is 14.7. The van der Waals surface area contributed by atoms with Crippen LogP contribution in [0.5, 0.6) is 5.75 Å². The SMILES string of the molecule is COc1ccc(NC(c2cccs2)c2ccc(Cl)s2)cc1. The van der Waals surface area contributed by atoms with Gasteiger partial charge in [-0.3, -0.25) is 0 Å². The van der Waals surface area contributed by atoms with Gasteiger partial charge >= 0.3 is 0 Å². The molecule has 1 N–H and O–H groups in total. The summed E-state index contributed by atoms with van der Waals surface area (Å²) in [5.74, 6) is 0.854. The summed E-state index contributed by atoms with van der Waals surface area (Å²) in [5.41, 5.74) is 1.05. The van der Waals surface area contributed by atoms with Gasteiger partial charge in [0.1, 0.15) is 5.75 Å². The summed E-state index contributed by atoms with van der Waals surface area (Å²) in [5, 5.41) is 5.66. The number of hydrogen-bond donors (Lipinski definition) is 1. The van der Waals surface area contributed by atoms with E-state index in [2.05, 4.69) is 28.9 Å². The number of hydrogen-bond acceptors (Lipinski definition) is 4. The van der Waals surface area contributed by atoms with Crippen LogP contribution in [0.1, 0.15) is 15.8 Å². The van der Waals surface area contributed by atoms with E-state index in [0.717, 1.165) is 15.8 Å². The van der Waals surface area contributed by atoms with Crippen molar-refractivity contribution >= 4 is 40.0 Å². The van der Waals surface area contributed by atoms with E-state index >= 15 is 0 Å². The van der Waals surface area contributed by atoms with Gasteiger partial charge in [0.05, 0.1) is 17.5 Å². The number of halogens is 1. The van der Waals surface area contributed by atoms with Crippen LogP contribution in [0.3, 0.4) is 0 Å². The van der Waals surface area contributed by atoms with Crippen molar-refractivity contribution in [3.05, 3.63) is 68.0 Å². The molecule has 0 amide bonds. The molecule has 1 unspecified atom stereocenters. The zero-order valence-corrected chi connectivity index (χ0v) is 13.8. The van der Waals surface area contributed by atoms with E-state index in [4.69, 9.17) is 16.3 Å². The van der Waals surface area contributed by atoms with E-state index in [9.17, 15) is 0 Å². The largest absolute Gasteiger partial charge is 0.497 e. The third-order valence-corrected chi connectivity index (χ3v) is 5.34. The van der Waals surface area contributed by atoms with Gasteiger partial charge in [-0.1, -0.05) is 17.7 Å². The van der Waals surface area contributed by atoms with Crippen LogP contribution in [-0.2, 0) is 0 Å². The monoisotopic (exact) mass is 335 g/mol. The highest BCUT2D eigenvalue weighted by molar-refractivity contribution is 7.16. The standard InChI is InChI=1S/C16H14ClNOS2/c1-19-12-6-4-11(5-7-12)18-16(13-3-2-10-20-13)14-8-9-15(17)21-14/h2-10,16,18H,1H3. The van der Waals surface area contributed by atoms with Gasteiger partial charge in [0.25, 0.3) is 0 Å². The molecule has 0 aliphatic carbocycles. The van der Waals surface area contributed by atoms with Gasteiger partial charge in [-0.25, -0.2) is 0 Å². The molecule has 0 saturated heterocycles. The normalized spacial score (nSPS) is 12.1. The summed E-state index contributed by atoms with van der Waals surface area (Å²) in [7, 11) is 1.67. The van der Waals surface area contributed by atoms with E-state index in [0.29, 0.717) is 0 Å². The Morgan fingerprint density at radius 2 is 1.86 bits per heavy atom. The number of anilines is 1. The lowest BCUT2D eigenvalue weighted by Gasteiger charge is -2.17. The van der Waals surface area contributed by atoms with Crippen molar-refractivity contribution in [2.24, 2.45) is 0 Å². The van der Waals surface area contributed by atoms with Crippen LogP contribution >= 0.6 is 34.3 Å². The predicted octanol–water partition coefficient (Wildman–Crippen LogP) is 5.67. The van der Waals surface area contributed by atoms with Crippen molar-refractivity contribution in [3.8, 4) is 5.75 Å². The van der Waals surface area contributed by atoms with Gasteiger partial charge in [-0.05, 0) is 47.8 Å². The van der Waals surface area contributed by atoms with Crippen LogP contribution in [-0.4, -0.2) is 7.11 Å². The molecule has 0 saturated carbocycles. The summed E-state index contributed by atoms with van der Waals surface area (Å²) in [6, 6.07) is 16.3. The molecular weight excluding hydrogens is 322 g/mol. The molecule has 2 nitrogen and oxygen atoms in total. The summed E-state index contributed by atoms with van der Waals surface area (Å²) in [4.78, 5) is 2.47. The lowest BCUT2D eigenvalue weighted by atomic mass is 10.2. The number of benzene rings is 1. The van der Waals surface area contributed by atoms with Crippen molar-refractivity contribution in [2.45, 2.75) is 6.04 Å². The maximum absolute atomic E-state index is 6.09. The van der Waals surface area contributed by atoms with Gasteiger partial charge in [-0.2, -0.15) is 0 Å². The highest BCUT2D eigenvalue weighted by Gasteiger charge is 2.17. The number of rotatable bonds is 5. The van der Waals surface area contributed by atoms with Crippen molar-refractivity contribution < 1.29 is 4.74 Å². The first-order valence-corrected chi connectivity index (χ1v) is 8.53. The fourth-order valence-electron chi connectivity index (χ4n) is 2.08. The topological polar surface area (TPSA) is 21.3 Å². The van der Waals surface area contributed by atoms with E-state index < -0.39 is 0 Å². The minimum atomic E-state index is 0.121. The third kappa shape index (κ3) is 3.40. The van der Waals surface area contributed by atoms with E-state index in [1.807, 2.05) is 30.3 Å². The maximum atomic E-state index is 6.09. The number of ether oxygens (including phenoxy) is 1. The smallest absolute Gasteiger partial charge is 0.119 e. The Morgan fingerprint density at radius 1 is 1.05 bits per heavy atom. The molecule has 0 radical (unpaired) electrons. The fraction of sp³-hybridized carbons (Fsp3) is 0.125. The molecule has 3 aromatic rings. The van der Waals surface area contributed by atoms with Crippen LogP contribution in [0.2, 0.25) is 4.34 Å². The molecule has 1 aromatic carbocycles. The molecule has 21 heavy (non-hydrogen) atoms. The molecular formula is C16H14ClNOS2. The van der Waals surface area contributed by atoms with Gasteiger partial charge < -0.3 is 10.1 Å². The zero-order valence-electron chi connectivity index (χ0n) is 11.4. The minimum absolute atomic E-state index is 0.121. The third-order valence-electron chi connectivity index (χ3n) is 3.11. The molecule has 108 valence electrons. The van der Waals surface area contributed by atoms with Crippen molar-refractivity contribution in [2.75, 3.05) is 12.4 Å². The van der Waals surface area contributed by atoms with Crippen molar-refractivity contribution in [3.63, 3.8) is 0 Å². The second-order valence-electron chi connectivity index (χ2n) is 4.46. The average Bonchev–Trinajstić information content (AvgIpc) is 3.17. The summed E-state index contributed by atoms with van der Waals surface area (Å²) in [6.07, 6.45) is 0. The first-order valence-electron chi connectivity index (χ1n) is 6.45. The van der Waals surface area contributed by atoms with E-state index in [1.165, 1.54) is 9.75 Å². The van der Waals surface area contributed by atoms with Gasteiger partial charge in [0.15, 0.2) is 0 Å². The average molecular weight is 336 g/mol. The number of methoxy groups -OCH3 is 1. The summed E-state index contributed by atoms with van der Waals surface area (Å²) < 4.78 is 6.00. The summed E-state index contributed by atoms with van der Waals surface area (Å²) in [6.45, 7) is 0. The lowest BCUT2D eigenvalue weighted by molar-refractivity contribution is 0.415. The van der Waals surface area contributed by atoms with Crippen molar-refractivity contribution in [1.29, 1.82) is 0 Å². The van der Waals surface area contributed by atoms with Crippen LogP contribution < -0.4 is 10.1 Å². The first-order chi connectivity index (χ1) is 10.3. The second kappa shape index (κ2) is 6.52. The Balaban J connectivity index is 1.88. The highest BCUT2D eigenvalue weighted by atomic mass is 35.5. The minimum Gasteiger partial charge on any atom is -0.497 e. The predicted molar refractivity (Wildman–Crippen MR) is 92.1 cm³/mol. The van der Waals surface area contributed by atoms with Gasteiger partial charge in [-0.15, -0.1) is 22.7 Å². The van der Waals surface area contributed by atoms with Crippen LogP contribution in [0.25, 0.3) is 0 Å². The molecule has 0 aliphatic rings. The second-order valence-corrected chi connectivity index (χ2v) is 7.19. The van der Waals surface area contributed by atoms with E-state index in [-0.39, 0.29) is 6.04 Å². The number of nitrogens with one attached hydrogen (secondary N) is 1. The molecule has 3 rings (SSSR count). The quantitative estimate of drug-likeness (QED) is 0.648. The Kier molecular flexibility index (Phi) is 4.48. The Bertz CT molecular complexity index is 691. The molecule has 1 atom stereocenters. The van der Waals surface area contributed by atoms with Crippen LogP contribution in [0.15, 0.2) is 53.9 Å². The lowest BCUT2D eigenvalue weighted by Crippen LogP contribution is -2.09. The molecule has 5 heteroatoms. The maximum Gasteiger partial charge on any atom is 0.119 e. The molecule has 0 aliphatic heterocycles. The molecule has 2 heterocycles. The Labute approximate surface area is 137 Å². The van der Waals surface area contributed by atoms with Crippen molar-refractivity contribution in [1.82, 2.24) is 0 Å². The summed E-state index contributed by atoms with van der Waals surface area (Å²) >= 11 is 9.43. The van der Waals surface area contributed by atoms with Gasteiger partial charge in [0, 0.05) is 15.4 Å². The molecule has 0 spiro atoms. The van der Waals surface area contributed by atoms with Gasteiger partial charge in [0.2, 0.25) is 0 Å². The Hall–Kier alpha value is -1.49. The highest BCUT2D eigenvalue weighted by Crippen LogP contribution is 2.35. The molecule has 0 bridgehead atoms. The molecule has 0 fully saturated rings. The Morgan fingerprint density at radius 3 is 2.43 bits per heavy atom. The first kappa shape index (κ1) is 14.4.